The summed E-state index contributed by atoms with van der Waals surface area (Å²) in [4.78, 5) is 36.2. The maximum atomic E-state index is 12.5. The summed E-state index contributed by atoms with van der Waals surface area (Å²) >= 11 is 0. The number of nitrogens with zero attached hydrogens (tertiary/aromatic N) is 2. The third kappa shape index (κ3) is 2.74. The Morgan fingerprint density at radius 3 is 2.35 bits per heavy atom. The van der Waals surface area contributed by atoms with E-state index in [4.69, 9.17) is 0 Å². The van der Waals surface area contributed by atoms with Crippen LogP contribution in [0.15, 0.2) is 60.2 Å². The van der Waals surface area contributed by atoms with Crippen LogP contribution in [0.5, 0.6) is 0 Å². The minimum Gasteiger partial charge on any atom is -0.274 e. The Morgan fingerprint density at radius 1 is 1.00 bits per heavy atom. The van der Waals surface area contributed by atoms with Crippen LogP contribution in [-0.4, -0.2) is 16.7 Å². The van der Waals surface area contributed by atoms with Gasteiger partial charge in [0.2, 0.25) is 5.91 Å². The highest BCUT2D eigenvalue weighted by Crippen LogP contribution is 2.29. The minimum absolute atomic E-state index is 0.0697. The molecule has 1 fully saturated rings. The van der Waals surface area contributed by atoms with Crippen molar-refractivity contribution >= 4 is 29.3 Å². The van der Waals surface area contributed by atoms with Gasteiger partial charge in [-0.1, -0.05) is 30.3 Å². The maximum absolute atomic E-state index is 12.5. The molecule has 1 heterocycles. The van der Waals surface area contributed by atoms with Gasteiger partial charge in [-0.2, -0.15) is 0 Å². The summed E-state index contributed by atoms with van der Waals surface area (Å²) < 4.78 is 0. The number of para-hydroxylation sites is 2. The van der Waals surface area contributed by atoms with E-state index in [9.17, 15) is 19.7 Å². The molecule has 1 aliphatic heterocycles. The van der Waals surface area contributed by atoms with Crippen molar-refractivity contribution in [1.82, 2.24) is 0 Å². The third-order valence-electron chi connectivity index (χ3n) is 3.55. The summed E-state index contributed by atoms with van der Waals surface area (Å²) in [5.74, 6) is -0.787. The smallest absolute Gasteiger partial charge is 0.274 e. The first-order valence-corrected chi connectivity index (χ1v) is 6.94. The molecule has 1 aliphatic rings. The summed E-state index contributed by atoms with van der Waals surface area (Å²) in [5, 5.41) is 11.0. The highest BCUT2D eigenvalue weighted by Gasteiger charge is 2.35. The van der Waals surface area contributed by atoms with Crippen LogP contribution in [0.4, 0.5) is 11.4 Å². The van der Waals surface area contributed by atoms with Crippen LogP contribution in [0.1, 0.15) is 12.0 Å². The summed E-state index contributed by atoms with van der Waals surface area (Å²) in [6.07, 6.45) is 1.35. The molecule has 6 nitrogen and oxygen atoms in total. The summed E-state index contributed by atoms with van der Waals surface area (Å²) in [6, 6.07) is 14.7. The van der Waals surface area contributed by atoms with Crippen LogP contribution >= 0.6 is 0 Å². The molecule has 3 rings (SSSR count). The first kappa shape index (κ1) is 14.6. The number of carbonyl (C=O) groups excluding carboxylic acids is 2. The molecule has 23 heavy (non-hydrogen) atoms. The number of carbonyl (C=O) groups is 2. The second kappa shape index (κ2) is 5.84. The molecule has 0 unspecified atom stereocenters. The van der Waals surface area contributed by atoms with E-state index in [0.29, 0.717) is 11.3 Å². The molecule has 0 bridgehead atoms. The van der Waals surface area contributed by atoms with E-state index >= 15 is 0 Å². The Kier molecular flexibility index (Phi) is 3.72. The Hall–Kier alpha value is -3.28. The number of rotatable bonds is 3. The van der Waals surface area contributed by atoms with E-state index in [-0.39, 0.29) is 23.6 Å². The van der Waals surface area contributed by atoms with E-state index in [1.54, 1.807) is 48.5 Å². The van der Waals surface area contributed by atoms with E-state index in [0.717, 1.165) is 4.90 Å². The zero-order valence-electron chi connectivity index (χ0n) is 12.0. The van der Waals surface area contributed by atoms with Gasteiger partial charge in [0.05, 0.1) is 22.6 Å². The fraction of sp³-hybridized carbons (Fsp3) is 0.0588. The molecule has 0 radical (unpaired) electrons. The molecule has 0 aliphatic carbocycles. The molecule has 6 heteroatoms. The van der Waals surface area contributed by atoms with Crippen molar-refractivity contribution in [1.29, 1.82) is 0 Å². The molecule has 2 amide bonds. The van der Waals surface area contributed by atoms with Gasteiger partial charge in [-0.3, -0.25) is 19.7 Å². The van der Waals surface area contributed by atoms with Gasteiger partial charge in [-0.25, -0.2) is 4.90 Å². The van der Waals surface area contributed by atoms with Crippen molar-refractivity contribution in [2.45, 2.75) is 6.42 Å². The number of benzene rings is 2. The predicted octanol–water partition coefficient (Wildman–Crippen LogP) is 2.94. The van der Waals surface area contributed by atoms with Gasteiger partial charge in [0.1, 0.15) is 0 Å². The predicted molar refractivity (Wildman–Crippen MR) is 84.6 cm³/mol. The van der Waals surface area contributed by atoms with Crippen molar-refractivity contribution in [3.63, 3.8) is 0 Å². The molecular formula is C17H12N2O4. The normalized spacial score (nSPS) is 16.2. The second-order valence-electron chi connectivity index (χ2n) is 5.03. The van der Waals surface area contributed by atoms with Crippen LogP contribution in [0.25, 0.3) is 6.08 Å². The number of anilines is 1. The minimum atomic E-state index is -0.511. The summed E-state index contributed by atoms with van der Waals surface area (Å²) in [7, 11) is 0. The van der Waals surface area contributed by atoms with E-state index in [2.05, 4.69) is 0 Å². The van der Waals surface area contributed by atoms with E-state index in [1.807, 2.05) is 0 Å². The van der Waals surface area contributed by atoms with Crippen molar-refractivity contribution in [2.24, 2.45) is 0 Å². The van der Waals surface area contributed by atoms with Crippen LogP contribution in [0, 0.1) is 10.1 Å². The zero-order chi connectivity index (χ0) is 16.4. The molecule has 0 aromatic heterocycles. The lowest BCUT2D eigenvalue weighted by molar-refractivity contribution is -0.385. The summed E-state index contributed by atoms with van der Waals surface area (Å²) in [5.41, 5.74) is 0.948. The lowest BCUT2D eigenvalue weighted by atomic mass is 10.1. The maximum Gasteiger partial charge on any atom is 0.276 e. The Morgan fingerprint density at radius 2 is 1.65 bits per heavy atom. The van der Waals surface area contributed by atoms with E-state index in [1.165, 1.54) is 12.1 Å². The molecule has 0 spiro atoms. The highest BCUT2D eigenvalue weighted by atomic mass is 16.6. The van der Waals surface area contributed by atoms with Gasteiger partial charge in [-0.05, 0) is 24.3 Å². The third-order valence-corrected chi connectivity index (χ3v) is 3.55. The first-order valence-electron chi connectivity index (χ1n) is 6.94. The van der Waals surface area contributed by atoms with Crippen LogP contribution in [0.3, 0.4) is 0 Å². The van der Waals surface area contributed by atoms with Crippen molar-refractivity contribution in [2.75, 3.05) is 4.90 Å². The first-order chi connectivity index (χ1) is 11.1. The number of hydrogen-bond acceptors (Lipinski definition) is 4. The largest absolute Gasteiger partial charge is 0.276 e. The van der Waals surface area contributed by atoms with Crippen molar-refractivity contribution < 1.29 is 14.5 Å². The number of hydrogen-bond donors (Lipinski definition) is 0. The number of nitro benzene ring substituents is 1. The second-order valence-corrected chi connectivity index (χ2v) is 5.03. The highest BCUT2D eigenvalue weighted by molar-refractivity contribution is 6.29. The lowest BCUT2D eigenvalue weighted by Crippen LogP contribution is -2.28. The quantitative estimate of drug-likeness (QED) is 0.378. The van der Waals surface area contributed by atoms with Crippen molar-refractivity contribution in [3.05, 3.63) is 75.8 Å². The molecule has 2 aromatic carbocycles. The van der Waals surface area contributed by atoms with Crippen LogP contribution in [0.2, 0.25) is 0 Å². The Labute approximate surface area is 131 Å². The average molecular weight is 308 g/mol. The van der Waals surface area contributed by atoms with Gasteiger partial charge in [-0.15, -0.1) is 0 Å². The molecule has 0 saturated carbocycles. The topological polar surface area (TPSA) is 80.5 Å². The fourth-order valence-corrected chi connectivity index (χ4v) is 2.49. The number of amides is 2. The monoisotopic (exact) mass is 308 g/mol. The van der Waals surface area contributed by atoms with Gasteiger partial charge in [0, 0.05) is 11.6 Å². The molecule has 114 valence electrons. The lowest BCUT2D eigenvalue weighted by Gasteiger charge is -2.12. The van der Waals surface area contributed by atoms with Gasteiger partial charge < -0.3 is 0 Å². The van der Waals surface area contributed by atoms with Gasteiger partial charge >= 0.3 is 0 Å². The average Bonchev–Trinajstić information content (AvgIpc) is 2.82. The van der Waals surface area contributed by atoms with Gasteiger partial charge in [0.15, 0.2) is 0 Å². The standard InChI is InChI=1S/C17H12N2O4/c20-16-11-13(10-12-6-4-5-9-15(12)19(22)23)17(21)18(16)14-7-2-1-3-8-14/h1-10H,11H2. The zero-order valence-corrected chi connectivity index (χ0v) is 12.0. The summed E-state index contributed by atoms with van der Waals surface area (Å²) in [6.45, 7) is 0. The number of imide groups is 1. The Bertz CT molecular complexity index is 827. The van der Waals surface area contributed by atoms with Crippen LogP contribution < -0.4 is 4.90 Å². The van der Waals surface area contributed by atoms with Gasteiger partial charge in [0.25, 0.3) is 11.6 Å². The molecule has 2 aromatic rings. The molecule has 0 N–H and O–H groups in total. The fourth-order valence-electron chi connectivity index (χ4n) is 2.49. The van der Waals surface area contributed by atoms with Crippen molar-refractivity contribution in [3.8, 4) is 0 Å². The molecule has 0 atom stereocenters. The molecular weight excluding hydrogens is 296 g/mol. The van der Waals surface area contributed by atoms with Crippen LogP contribution in [-0.2, 0) is 9.59 Å². The Balaban J connectivity index is 1.99. The van der Waals surface area contributed by atoms with E-state index < -0.39 is 10.8 Å². The SMILES string of the molecule is O=C1CC(=Cc2ccccc2[N+](=O)[O-])C(=O)N1c1ccccc1. The molecule has 1 saturated heterocycles. The number of nitro groups is 1.